The first-order chi connectivity index (χ1) is 10.2. The molecule has 21 heavy (non-hydrogen) atoms. The van der Waals surface area contributed by atoms with Gasteiger partial charge in [-0.3, -0.25) is 0 Å². The van der Waals surface area contributed by atoms with E-state index < -0.39 is 0 Å². The lowest BCUT2D eigenvalue weighted by molar-refractivity contribution is 0.173. The zero-order valence-electron chi connectivity index (χ0n) is 11.1. The van der Waals surface area contributed by atoms with E-state index in [1.165, 1.54) is 12.1 Å². The van der Waals surface area contributed by atoms with Gasteiger partial charge >= 0.3 is 0 Å². The summed E-state index contributed by atoms with van der Waals surface area (Å²) in [6, 6.07) is 7.72. The summed E-state index contributed by atoms with van der Waals surface area (Å²) in [6.07, 6.45) is 0. The molecule has 4 nitrogen and oxygen atoms in total. The number of halogens is 2. The van der Waals surface area contributed by atoms with E-state index >= 15 is 0 Å². The molecule has 0 amide bonds. The van der Waals surface area contributed by atoms with Gasteiger partial charge in [-0.25, -0.2) is 4.39 Å². The van der Waals surface area contributed by atoms with Crippen molar-refractivity contribution in [1.82, 2.24) is 0 Å². The molecular formula is C15H13ClFNO3. The van der Waals surface area contributed by atoms with Gasteiger partial charge in [-0.1, -0.05) is 17.7 Å². The van der Waals surface area contributed by atoms with Gasteiger partial charge in [0.25, 0.3) is 0 Å². The van der Waals surface area contributed by atoms with E-state index in [2.05, 4.69) is 0 Å². The monoisotopic (exact) mass is 309 g/mol. The van der Waals surface area contributed by atoms with E-state index in [-0.39, 0.29) is 19.2 Å². The Labute approximate surface area is 126 Å². The Kier molecular flexibility index (Phi) is 3.86. The molecule has 0 bridgehead atoms. The van der Waals surface area contributed by atoms with Crippen LogP contribution in [0.4, 0.5) is 4.39 Å². The van der Waals surface area contributed by atoms with Gasteiger partial charge in [-0.15, -0.1) is 0 Å². The molecule has 0 fully saturated rings. The number of hydrogen-bond acceptors (Lipinski definition) is 4. The Morgan fingerprint density at radius 1 is 1.14 bits per heavy atom. The predicted molar refractivity (Wildman–Crippen MR) is 76.2 cm³/mol. The zero-order chi connectivity index (χ0) is 14.8. The molecule has 0 radical (unpaired) electrons. The van der Waals surface area contributed by atoms with Crippen LogP contribution in [0, 0.1) is 5.82 Å². The maximum absolute atomic E-state index is 13.0. The molecule has 1 aliphatic heterocycles. The van der Waals surface area contributed by atoms with E-state index in [1.54, 1.807) is 18.2 Å². The van der Waals surface area contributed by atoms with E-state index in [4.69, 9.17) is 31.5 Å². The lowest BCUT2D eigenvalue weighted by Crippen LogP contribution is -2.03. The van der Waals surface area contributed by atoms with Gasteiger partial charge < -0.3 is 19.9 Å². The fourth-order valence-electron chi connectivity index (χ4n) is 2.05. The highest BCUT2D eigenvalue weighted by atomic mass is 35.5. The first-order valence-corrected chi connectivity index (χ1v) is 6.74. The van der Waals surface area contributed by atoms with Crippen molar-refractivity contribution in [3.8, 4) is 17.2 Å². The fourth-order valence-corrected chi connectivity index (χ4v) is 2.28. The third kappa shape index (κ3) is 2.89. The molecule has 0 unspecified atom stereocenters. The number of fused-ring (bicyclic) bond motifs is 1. The summed E-state index contributed by atoms with van der Waals surface area (Å²) in [4.78, 5) is 0. The van der Waals surface area contributed by atoms with Crippen LogP contribution in [0.5, 0.6) is 17.2 Å². The molecule has 2 N–H and O–H groups in total. The molecule has 0 spiro atoms. The number of nitrogens with two attached hydrogens (primary N) is 1. The Hall–Kier alpha value is -1.98. The summed E-state index contributed by atoms with van der Waals surface area (Å²) in [5.74, 6) is 1.49. The third-order valence-electron chi connectivity index (χ3n) is 3.17. The maximum atomic E-state index is 13.0. The van der Waals surface area contributed by atoms with Gasteiger partial charge in [0.1, 0.15) is 18.2 Å². The van der Waals surface area contributed by atoms with Gasteiger partial charge in [-0.2, -0.15) is 0 Å². The average Bonchev–Trinajstić information content (AvgIpc) is 2.92. The number of benzene rings is 2. The molecule has 6 heteroatoms. The molecule has 110 valence electrons. The quantitative estimate of drug-likeness (QED) is 0.942. The van der Waals surface area contributed by atoms with Crippen molar-refractivity contribution in [2.24, 2.45) is 5.73 Å². The van der Waals surface area contributed by atoms with Crippen molar-refractivity contribution in [2.45, 2.75) is 13.2 Å². The minimum absolute atomic E-state index is 0.187. The van der Waals surface area contributed by atoms with Crippen LogP contribution in [-0.2, 0) is 13.2 Å². The Morgan fingerprint density at radius 3 is 2.62 bits per heavy atom. The van der Waals surface area contributed by atoms with E-state index in [9.17, 15) is 4.39 Å². The van der Waals surface area contributed by atoms with Crippen LogP contribution in [0.1, 0.15) is 11.1 Å². The third-order valence-corrected chi connectivity index (χ3v) is 3.53. The van der Waals surface area contributed by atoms with Gasteiger partial charge in [0, 0.05) is 23.7 Å². The molecule has 0 saturated heterocycles. The first kappa shape index (κ1) is 14.0. The average molecular weight is 310 g/mol. The smallest absolute Gasteiger partial charge is 0.231 e. The van der Waals surface area contributed by atoms with Crippen LogP contribution >= 0.6 is 11.6 Å². The number of rotatable bonds is 4. The SMILES string of the molecule is NCc1cc2c(cc1OCc1ccc(F)cc1Cl)OCO2. The molecular weight excluding hydrogens is 297 g/mol. The fraction of sp³-hybridized carbons (Fsp3) is 0.200. The Morgan fingerprint density at radius 2 is 1.90 bits per heavy atom. The minimum Gasteiger partial charge on any atom is -0.488 e. The van der Waals surface area contributed by atoms with Crippen LogP contribution in [-0.4, -0.2) is 6.79 Å². The van der Waals surface area contributed by atoms with Crippen LogP contribution in [0.25, 0.3) is 0 Å². The van der Waals surface area contributed by atoms with Crippen LogP contribution < -0.4 is 19.9 Å². The van der Waals surface area contributed by atoms with Gasteiger partial charge in [0.05, 0.1) is 5.02 Å². The summed E-state index contributed by atoms with van der Waals surface area (Å²) < 4.78 is 29.4. The second kappa shape index (κ2) is 5.79. The predicted octanol–water partition coefficient (Wildman–Crippen LogP) is 3.25. The van der Waals surface area contributed by atoms with E-state index in [1.807, 2.05) is 0 Å². The van der Waals surface area contributed by atoms with Gasteiger partial charge in [-0.05, 0) is 18.2 Å². The lowest BCUT2D eigenvalue weighted by atomic mass is 10.1. The topological polar surface area (TPSA) is 53.7 Å². The van der Waals surface area contributed by atoms with Crippen molar-refractivity contribution in [1.29, 1.82) is 0 Å². The van der Waals surface area contributed by atoms with Crippen molar-refractivity contribution in [3.05, 3.63) is 52.3 Å². The van der Waals surface area contributed by atoms with Crippen LogP contribution in [0.15, 0.2) is 30.3 Å². The summed E-state index contributed by atoms with van der Waals surface area (Å²) in [7, 11) is 0. The van der Waals surface area contributed by atoms with Crippen LogP contribution in [0.2, 0.25) is 5.02 Å². The largest absolute Gasteiger partial charge is 0.488 e. The number of ether oxygens (including phenoxy) is 3. The molecule has 1 aliphatic rings. The highest BCUT2D eigenvalue weighted by molar-refractivity contribution is 6.31. The van der Waals surface area contributed by atoms with Crippen molar-refractivity contribution in [2.75, 3.05) is 6.79 Å². The molecule has 2 aromatic carbocycles. The highest BCUT2D eigenvalue weighted by Crippen LogP contribution is 2.38. The molecule has 2 aromatic rings. The molecule has 0 aromatic heterocycles. The zero-order valence-corrected chi connectivity index (χ0v) is 11.8. The standard InChI is InChI=1S/C15H13ClFNO3/c16-12-4-11(17)2-1-9(12)7-19-13-5-15-14(20-8-21-15)3-10(13)6-18/h1-5H,6-8,18H2. The lowest BCUT2D eigenvalue weighted by Gasteiger charge is -2.12. The summed E-state index contributed by atoms with van der Waals surface area (Å²) >= 11 is 5.97. The molecule has 1 heterocycles. The number of hydrogen-bond donors (Lipinski definition) is 1. The van der Waals surface area contributed by atoms with Gasteiger partial charge in [0.15, 0.2) is 11.5 Å². The van der Waals surface area contributed by atoms with Gasteiger partial charge in [0.2, 0.25) is 6.79 Å². The summed E-state index contributed by atoms with van der Waals surface area (Å²) in [6.45, 7) is 0.710. The molecule has 0 atom stereocenters. The minimum atomic E-state index is -0.380. The van der Waals surface area contributed by atoms with E-state index in [0.29, 0.717) is 34.4 Å². The second-order valence-corrected chi connectivity index (χ2v) is 4.95. The summed E-state index contributed by atoms with van der Waals surface area (Å²) in [5.41, 5.74) is 7.21. The molecule has 3 rings (SSSR count). The Bertz CT molecular complexity index is 678. The van der Waals surface area contributed by atoms with Crippen molar-refractivity contribution < 1.29 is 18.6 Å². The first-order valence-electron chi connectivity index (χ1n) is 6.36. The molecule has 0 aliphatic carbocycles. The van der Waals surface area contributed by atoms with Crippen molar-refractivity contribution >= 4 is 11.6 Å². The Balaban J connectivity index is 1.81. The maximum Gasteiger partial charge on any atom is 0.231 e. The van der Waals surface area contributed by atoms with Crippen LogP contribution in [0.3, 0.4) is 0 Å². The molecule has 0 saturated carbocycles. The second-order valence-electron chi connectivity index (χ2n) is 4.54. The highest BCUT2D eigenvalue weighted by Gasteiger charge is 2.17. The summed E-state index contributed by atoms with van der Waals surface area (Å²) in [5, 5.41) is 0.324. The van der Waals surface area contributed by atoms with Crippen molar-refractivity contribution in [3.63, 3.8) is 0 Å². The van der Waals surface area contributed by atoms with E-state index in [0.717, 1.165) is 5.56 Å². The normalized spacial score (nSPS) is 12.5.